The molecule has 1 heterocycles. The molecule has 0 spiro atoms. The summed E-state index contributed by atoms with van der Waals surface area (Å²) in [6, 6.07) is 3.55. The van der Waals surface area contributed by atoms with Crippen LogP contribution in [0.5, 0.6) is 0 Å². The van der Waals surface area contributed by atoms with Crippen LogP contribution < -0.4 is 10.6 Å². The zero-order valence-corrected chi connectivity index (χ0v) is 8.92. The fourth-order valence-corrected chi connectivity index (χ4v) is 1.88. The molecule has 1 aromatic carbocycles. The number of benzene rings is 1. The number of nitrogen functional groups attached to an aromatic ring is 1. The molecule has 0 aromatic heterocycles. The van der Waals surface area contributed by atoms with E-state index < -0.39 is 11.7 Å². The first kappa shape index (κ1) is 11.8. The van der Waals surface area contributed by atoms with Crippen molar-refractivity contribution in [3.63, 3.8) is 0 Å². The summed E-state index contributed by atoms with van der Waals surface area (Å²) >= 11 is 0. The van der Waals surface area contributed by atoms with E-state index in [1.807, 2.05) is 0 Å². The first-order valence-electron chi connectivity index (χ1n) is 5.16. The smallest absolute Gasteiger partial charge is 0.398 e. The predicted octanol–water partition coefficient (Wildman–Crippen LogP) is 2.41. The van der Waals surface area contributed by atoms with E-state index in [-0.39, 0.29) is 17.3 Å². The van der Waals surface area contributed by atoms with Gasteiger partial charge in [-0.1, -0.05) is 0 Å². The monoisotopic (exact) mass is 244 g/mol. The highest BCUT2D eigenvalue weighted by Gasteiger charge is 2.34. The molecule has 1 aromatic rings. The topological polar surface area (TPSA) is 46.3 Å². The van der Waals surface area contributed by atoms with Crippen LogP contribution in [-0.2, 0) is 11.0 Å². The van der Waals surface area contributed by atoms with E-state index in [9.17, 15) is 18.0 Å². The molecule has 0 radical (unpaired) electrons. The van der Waals surface area contributed by atoms with Gasteiger partial charge in [0.2, 0.25) is 5.91 Å². The van der Waals surface area contributed by atoms with Crippen LogP contribution in [0.2, 0.25) is 0 Å². The SMILES string of the molecule is Nc1ccc(N2CCCC2=O)cc1C(F)(F)F. The van der Waals surface area contributed by atoms with Crippen LogP contribution in [0.1, 0.15) is 18.4 Å². The zero-order chi connectivity index (χ0) is 12.6. The van der Waals surface area contributed by atoms with Gasteiger partial charge in [0.25, 0.3) is 0 Å². The second-order valence-corrected chi connectivity index (χ2v) is 3.92. The standard InChI is InChI=1S/C11H11F3N2O/c12-11(13,14)8-6-7(3-4-9(8)15)16-5-1-2-10(16)17/h3-4,6H,1-2,5,15H2. The number of carbonyl (C=O) groups excluding carboxylic acids is 1. The van der Waals surface area contributed by atoms with Gasteiger partial charge in [-0.25, -0.2) is 0 Å². The second-order valence-electron chi connectivity index (χ2n) is 3.92. The van der Waals surface area contributed by atoms with Crippen molar-refractivity contribution in [2.45, 2.75) is 19.0 Å². The summed E-state index contributed by atoms with van der Waals surface area (Å²) in [5.74, 6) is -0.150. The number of amides is 1. The molecule has 2 rings (SSSR count). The quantitative estimate of drug-likeness (QED) is 0.771. The molecule has 0 aliphatic carbocycles. The number of nitrogens with zero attached hydrogens (tertiary/aromatic N) is 1. The Bertz CT molecular complexity index is 457. The maximum atomic E-state index is 12.6. The van der Waals surface area contributed by atoms with Crippen molar-refractivity contribution in [3.8, 4) is 0 Å². The first-order chi connectivity index (χ1) is 7.89. The third-order valence-corrected chi connectivity index (χ3v) is 2.73. The highest BCUT2D eigenvalue weighted by molar-refractivity contribution is 5.95. The van der Waals surface area contributed by atoms with Gasteiger partial charge in [-0.2, -0.15) is 13.2 Å². The van der Waals surface area contributed by atoms with E-state index in [1.165, 1.54) is 17.0 Å². The van der Waals surface area contributed by atoms with E-state index in [0.29, 0.717) is 19.4 Å². The van der Waals surface area contributed by atoms with Crippen molar-refractivity contribution >= 4 is 17.3 Å². The summed E-state index contributed by atoms with van der Waals surface area (Å²) in [7, 11) is 0. The molecule has 0 unspecified atom stereocenters. The highest BCUT2D eigenvalue weighted by atomic mass is 19.4. The molecule has 1 amide bonds. The van der Waals surface area contributed by atoms with Crippen LogP contribution >= 0.6 is 0 Å². The normalized spacial score (nSPS) is 16.6. The van der Waals surface area contributed by atoms with Gasteiger partial charge in [-0.15, -0.1) is 0 Å². The molecule has 0 saturated carbocycles. The molecule has 1 fully saturated rings. The molecule has 2 N–H and O–H groups in total. The van der Waals surface area contributed by atoms with E-state index in [4.69, 9.17) is 5.73 Å². The number of nitrogens with two attached hydrogens (primary N) is 1. The molecule has 6 heteroatoms. The molecule has 17 heavy (non-hydrogen) atoms. The molecular weight excluding hydrogens is 233 g/mol. The van der Waals surface area contributed by atoms with Gasteiger partial charge < -0.3 is 10.6 Å². The van der Waals surface area contributed by atoms with Crippen molar-refractivity contribution in [3.05, 3.63) is 23.8 Å². The number of carbonyl (C=O) groups is 1. The van der Waals surface area contributed by atoms with Crippen molar-refractivity contribution in [1.29, 1.82) is 0 Å². The van der Waals surface area contributed by atoms with Gasteiger partial charge >= 0.3 is 6.18 Å². The summed E-state index contributed by atoms with van der Waals surface area (Å²) in [4.78, 5) is 12.8. The molecule has 1 saturated heterocycles. The van der Waals surface area contributed by atoms with E-state index in [2.05, 4.69) is 0 Å². The van der Waals surface area contributed by atoms with Gasteiger partial charge in [-0.3, -0.25) is 4.79 Å². The maximum absolute atomic E-state index is 12.6. The third kappa shape index (κ3) is 2.20. The fraction of sp³-hybridized carbons (Fsp3) is 0.364. The minimum Gasteiger partial charge on any atom is -0.398 e. The number of rotatable bonds is 1. The van der Waals surface area contributed by atoms with Gasteiger partial charge in [0.05, 0.1) is 5.56 Å². The number of hydrogen-bond donors (Lipinski definition) is 1. The second kappa shape index (κ2) is 3.94. The van der Waals surface area contributed by atoms with Crippen molar-refractivity contribution in [2.75, 3.05) is 17.2 Å². The van der Waals surface area contributed by atoms with Gasteiger partial charge in [0.1, 0.15) is 0 Å². The molecular formula is C11H11F3N2O. The molecule has 1 aliphatic rings. The Kier molecular flexibility index (Phi) is 2.73. The molecule has 0 atom stereocenters. The predicted molar refractivity (Wildman–Crippen MR) is 57.4 cm³/mol. The van der Waals surface area contributed by atoms with Gasteiger partial charge in [-0.05, 0) is 24.6 Å². The van der Waals surface area contributed by atoms with E-state index >= 15 is 0 Å². The Morgan fingerprint density at radius 1 is 1.29 bits per heavy atom. The Balaban J connectivity index is 2.41. The molecule has 1 aliphatic heterocycles. The molecule has 0 bridgehead atoms. The van der Waals surface area contributed by atoms with E-state index in [1.54, 1.807) is 0 Å². The van der Waals surface area contributed by atoms with Gasteiger partial charge in [0.15, 0.2) is 0 Å². The Morgan fingerprint density at radius 3 is 2.53 bits per heavy atom. The minimum atomic E-state index is -4.50. The van der Waals surface area contributed by atoms with Crippen LogP contribution in [0.15, 0.2) is 18.2 Å². The number of hydrogen-bond acceptors (Lipinski definition) is 2. The van der Waals surface area contributed by atoms with Crippen LogP contribution in [0.3, 0.4) is 0 Å². The summed E-state index contributed by atoms with van der Waals surface area (Å²) < 4.78 is 37.9. The van der Waals surface area contributed by atoms with Gasteiger partial charge in [0, 0.05) is 24.3 Å². The summed E-state index contributed by atoms with van der Waals surface area (Å²) in [5, 5.41) is 0. The van der Waals surface area contributed by atoms with E-state index in [0.717, 1.165) is 6.07 Å². The highest BCUT2D eigenvalue weighted by Crippen LogP contribution is 2.36. The lowest BCUT2D eigenvalue weighted by Gasteiger charge is -2.18. The van der Waals surface area contributed by atoms with Crippen LogP contribution in [0.25, 0.3) is 0 Å². The van der Waals surface area contributed by atoms with Crippen molar-refractivity contribution in [1.82, 2.24) is 0 Å². The average Bonchev–Trinajstić information content (AvgIpc) is 2.63. The number of anilines is 2. The zero-order valence-electron chi connectivity index (χ0n) is 8.92. The lowest BCUT2D eigenvalue weighted by atomic mass is 10.1. The third-order valence-electron chi connectivity index (χ3n) is 2.73. The summed E-state index contributed by atoms with van der Waals surface area (Å²) in [6.45, 7) is 0.458. The molecule has 92 valence electrons. The lowest BCUT2D eigenvalue weighted by molar-refractivity contribution is -0.137. The van der Waals surface area contributed by atoms with Crippen LogP contribution in [-0.4, -0.2) is 12.5 Å². The lowest BCUT2D eigenvalue weighted by Crippen LogP contribution is -2.24. The maximum Gasteiger partial charge on any atom is 0.418 e. The number of halogens is 3. The summed E-state index contributed by atoms with van der Waals surface area (Å²) in [5.41, 5.74) is 4.32. The minimum absolute atomic E-state index is 0.150. The van der Waals surface area contributed by atoms with Crippen LogP contribution in [0, 0.1) is 0 Å². The molecule has 3 nitrogen and oxygen atoms in total. The Morgan fingerprint density at radius 2 is 2.00 bits per heavy atom. The van der Waals surface area contributed by atoms with Crippen LogP contribution in [0.4, 0.5) is 24.5 Å². The average molecular weight is 244 g/mol. The van der Waals surface area contributed by atoms with Crippen molar-refractivity contribution in [2.24, 2.45) is 0 Å². The number of alkyl halides is 3. The Hall–Kier alpha value is -1.72. The largest absolute Gasteiger partial charge is 0.418 e. The summed E-state index contributed by atoms with van der Waals surface area (Å²) in [6.07, 6.45) is -3.45. The van der Waals surface area contributed by atoms with Crippen molar-refractivity contribution < 1.29 is 18.0 Å². The Labute approximate surface area is 96.0 Å². The fourth-order valence-electron chi connectivity index (χ4n) is 1.88. The first-order valence-corrected chi connectivity index (χ1v) is 5.16.